The highest BCUT2D eigenvalue weighted by Gasteiger charge is 2.21. The van der Waals surface area contributed by atoms with Crippen LogP contribution in [0.25, 0.3) is 0 Å². The molecule has 0 saturated carbocycles. The van der Waals surface area contributed by atoms with Crippen LogP contribution in [0.2, 0.25) is 10.0 Å². The van der Waals surface area contributed by atoms with Gasteiger partial charge in [-0.3, -0.25) is 14.9 Å². The molecular weight excluding hydrogens is 467 g/mol. The summed E-state index contributed by atoms with van der Waals surface area (Å²) in [6.45, 7) is 7.19. The number of halogens is 2. The summed E-state index contributed by atoms with van der Waals surface area (Å²) in [6.07, 6.45) is 0.599. The fraction of sp³-hybridized carbons (Fsp3) is 0.348. The second kappa shape index (κ2) is 11.0. The number of thiocarbonyl (C=S) groups is 1. The summed E-state index contributed by atoms with van der Waals surface area (Å²) in [5, 5.41) is 6.51. The van der Waals surface area contributed by atoms with Gasteiger partial charge in [0.2, 0.25) is 5.91 Å². The second-order valence-corrected chi connectivity index (χ2v) is 9.27. The van der Waals surface area contributed by atoms with E-state index in [1.807, 2.05) is 29.2 Å². The van der Waals surface area contributed by atoms with Gasteiger partial charge in [0.15, 0.2) is 5.11 Å². The molecule has 2 amide bonds. The number of anilines is 2. The van der Waals surface area contributed by atoms with E-state index in [0.29, 0.717) is 27.9 Å². The van der Waals surface area contributed by atoms with Crippen LogP contribution in [0.3, 0.4) is 0 Å². The van der Waals surface area contributed by atoms with Crippen LogP contribution in [-0.2, 0) is 4.79 Å². The second-order valence-electron chi connectivity index (χ2n) is 8.05. The molecule has 170 valence electrons. The number of piperazine rings is 1. The first-order valence-corrected chi connectivity index (χ1v) is 11.6. The summed E-state index contributed by atoms with van der Waals surface area (Å²) < 4.78 is 0. The Morgan fingerprint density at radius 2 is 1.66 bits per heavy atom. The molecule has 1 saturated heterocycles. The third-order valence-electron chi connectivity index (χ3n) is 5.11. The number of carbonyl (C=O) groups is 2. The Balaban J connectivity index is 1.50. The predicted molar refractivity (Wildman–Crippen MR) is 135 cm³/mol. The molecule has 1 aliphatic rings. The monoisotopic (exact) mass is 492 g/mol. The fourth-order valence-corrected chi connectivity index (χ4v) is 3.93. The van der Waals surface area contributed by atoms with Gasteiger partial charge in [0, 0.05) is 49.5 Å². The van der Waals surface area contributed by atoms with Crippen LogP contribution >= 0.6 is 35.4 Å². The zero-order valence-corrected chi connectivity index (χ0v) is 20.4. The number of hydrogen-bond acceptors (Lipinski definition) is 4. The van der Waals surface area contributed by atoms with Crippen molar-refractivity contribution < 1.29 is 9.59 Å². The van der Waals surface area contributed by atoms with Gasteiger partial charge in [0.1, 0.15) is 0 Å². The van der Waals surface area contributed by atoms with Crippen LogP contribution in [0.1, 0.15) is 30.6 Å². The highest BCUT2D eigenvalue weighted by molar-refractivity contribution is 7.80. The van der Waals surface area contributed by atoms with Gasteiger partial charge >= 0.3 is 0 Å². The first kappa shape index (κ1) is 24.3. The van der Waals surface area contributed by atoms with Gasteiger partial charge in [0.25, 0.3) is 5.91 Å². The van der Waals surface area contributed by atoms with Crippen molar-refractivity contribution in [3.63, 3.8) is 0 Å². The molecule has 32 heavy (non-hydrogen) atoms. The third kappa shape index (κ3) is 6.58. The van der Waals surface area contributed by atoms with E-state index in [2.05, 4.69) is 29.4 Å². The summed E-state index contributed by atoms with van der Waals surface area (Å²) in [5.41, 5.74) is 2.21. The molecule has 1 heterocycles. The van der Waals surface area contributed by atoms with Gasteiger partial charge in [-0.15, -0.1) is 0 Å². The van der Waals surface area contributed by atoms with Gasteiger partial charge in [-0.2, -0.15) is 0 Å². The van der Waals surface area contributed by atoms with E-state index in [1.54, 1.807) is 12.1 Å². The summed E-state index contributed by atoms with van der Waals surface area (Å²) >= 11 is 17.1. The molecule has 1 aliphatic heterocycles. The molecule has 3 rings (SSSR count). The van der Waals surface area contributed by atoms with Crippen molar-refractivity contribution in [3.05, 3.63) is 58.1 Å². The van der Waals surface area contributed by atoms with E-state index in [1.165, 1.54) is 6.07 Å². The van der Waals surface area contributed by atoms with Crippen molar-refractivity contribution in [2.75, 3.05) is 36.4 Å². The van der Waals surface area contributed by atoms with Gasteiger partial charge in [-0.05, 0) is 60.6 Å². The number of rotatable bonds is 5. The van der Waals surface area contributed by atoms with Gasteiger partial charge < -0.3 is 15.1 Å². The zero-order chi connectivity index (χ0) is 23.3. The van der Waals surface area contributed by atoms with Crippen LogP contribution in [0.5, 0.6) is 0 Å². The minimum Gasteiger partial charge on any atom is -0.368 e. The quantitative estimate of drug-likeness (QED) is 0.586. The summed E-state index contributed by atoms with van der Waals surface area (Å²) in [7, 11) is 0. The molecule has 0 radical (unpaired) electrons. The Kier molecular flexibility index (Phi) is 8.34. The van der Waals surface area contributed by atoms with E-state index < -0.39 is 0 Å². The number of benzene rings is 2. The van der Waals surface area contributed by atoms with Crippen molar-refractivity contribution in [2.45, 2.75) is 20.3 Å². The molecule has 2 N–H and O–H groups in total. The molecule has 0 bridgehead atoms. The maximum atomic E-state index is 12.3. The van der Waals surface area contributed by atoms with Crippen molar-refractivity contribution in [1.29, 1.82) is 0 Å². The Labute approximate surface area is 203 Å². The van der Waals surface area contributed by atoms with Crippen molar-refractivity contribution >= 4 is 63.7 Å². The Morgan fingerprint density at radius 1 is 1.00 bits per heavy atom. The van der Waals surface area contributed by atoms with Gasteiger partial charge in [0.05, 0.1) is 10.0 Å². The summed E-state index contributed by atoms with van der Waals surface area (Å²) in [6, 6.07) is 12.4. The van der Waals surface area contributed by atoms with Gasteiger partial charge in [-0.1, -0.05) is 37.0 Å². The fourth-order valence-electron chi connectivity index (χ4n) is 3.42. The van der Waals surface area contributed by atoms with Crippen LogP contribution in [0.4, 0.5) is 11.4 Å². The minimum absolute atomic E-state index is 0.186. The SMILES string of the molecule is CC(C)CC(=O)N1CCN(c2ccc(NC(=S)NC(=O)c3ccc(Cl)c(Cl)c3)cc2)CC1. The molecule has 6 nitrogen and oxygen atoms in total. The van der Waals surface area contributed by atoms with Crippen LogP contribution in [-0.4, -0.2) is 48.0 Å². The number of amides is 2. The van der Waals surface area contributed by atoms with E-state index in [-0.39, 0.29) is 16.9 Å². The average molecular weight is 493 g/mol. The number of carbonyl (C=O) groups excluding carboxylic acids is 2. The smallest absolute Gasteiger partial charge is 0.257 e. The Bertz CT molecular complexity index is 990. The lowest BCUT2D eigenvalue weighted by atomic mass is 10.1. The molecule has 0 aromatic heterocycles. The summed E-state index contributed by atoms with van der Waals surface area (Å²) in [4.78, 5) is 28.8. The van der Waals surface area contributed by atoms with Crippen LogP contribution < -0.4 is 15.5 Å². The minimum atomic E-state index is -0.373. The van der Waals surface area contributed by atoms with E-state index >= 15 is 0 Å². The molecular formula is C23H26Cl2N4O2S. The zero-order valence-electron chi connectivity index (χ0n) is 18.0. The highest BCUT2D eigenvalue weighted by atomic mass is 35.5. The third-order valence-corrected chi connectivity index (χ3v) is 6.06. The Morgan fingerprint density at radius 3 is 2.25 bits per heavy atom. The topological polar surface area (TPSA) is 64.7 Å². The van der Waals surface area contributed by atoms with E-state index in [9.17, 15) is 9.59 Å². The molecule has 9 heteroatoms. The lowest BCUT2D eigenvalue weighted by Crippen LogP contribution is -2.49. The number of nitrogens with zero attached hydrogens (tertiary/aromatic N) is 2. The van der Waals surface area contributed by atoms with Crippen molar-refractivity contribution in [2.24, 2.45) is 5.92 Å². The first-order valence-electron chi connectivity index (χ1n) is 10.4. The average Bonchev–Trinajstić information content (AvgIpc) is 2.75. The number of hydrogen-bond donors (Lipinski definition) is 2. The normalized spacial score (nSPS) is 13.8. The molecule has 0 unspecified atom stereocenters. The maximum absolute atomic E-state index is 12.3. The molecule has 0 spiro atoms. The van der Waals surface area contributed by atoms with Crippen LogP contribution in [0.15, 0.2) is 42.5 Å². The lowest BCUT2D eigenvalue weighted by molar-refractivity contribution is -0.132. The maximum Gasteiger partial charge on any atom is 0.257 e. The largest absolute Gasteiger partial charge is 0.368 e. The van der Waals surface area contributed by atoms with Gasteiger partial charge in [-0.25, -0.2) is 0 Å². The molecule has 0 atom stereocenters. The molecule has 2 aromatic rings. The molecule has 2 aromatic carbocycles. The predicted octanol–water partition coefficient (Wildman–Crippen LogP) is 4.81. The molecule has 0 aliphatic carbocycles. The first-order chi connectivity index (χ1) is 15.2. The summed E-state index contributed by atoms with van der Waals surface area (Å²) in [5.74, 6) is 0.235. The lowest BCUT2D eigenvalue weighted by Gasteiger charge is -2.36. The van der Waals surface area contributed by atoms with E-state index in [4.69, 9.17) is 35.4 Å². The van der Waals surface area contributed by atoms with Crippen molar-refractivity contribution in [3.8, 4) is 0 Å². The Hall–Kier alpha value is -2.35. The van der Waals surface area contributed by atoms with Crippen molar-refractivity contribution in [1.82, 2.24) is 10.2 Å². The van der Waals surface area contributed by atoms with Crippen LogP contribution in [0, 0.1) is 5.92 Å². The highest BCUT2D eigenvalue weighted by Crippen LogP contribution is 2.23. The van der Waals surface area contributed by atoms with E-state index in [0.717, 1.165) is 37.6 Å². The molecule has 1 fully saturated rings. The number of nitrogens with one attached hydrogen (secondary N) is 2. The standard InChI is InChI=1S/C23H26Cl2N4O2S/c1-15(2)13-21(30)29-11-9-28(10-12-29)18-6-4-17(5-7-18)26-23(32)27-22(31)16-3-8-19(24)20(25)14-16/h3-8,14-15H,9-13H2,1-2H3,(H2,26,27,31,32).